The van der Waals surface area contributed by atoms with E-state index < -0.39 is 18.4 Å². The van der Waals surface area contributed by atoms with Crippen LogP contribution in [0.1, 0.15) is 37.0 Å². The fraction of sp³-hybridized carbons (Fsp3) is 0.400. The number of amides is 4. The Bertz CT molecular complexity index is 790. The molecule has 1 aliphatic carbocycles. The van der Waals surface area contributed by atoms with Gasteiger partial charge in [-0.1, -0.05) is 12.2 Å². The van der Waals surface area contributed by atoms with E-state index >= 15 is 0 Å². The first-order chi connectivity index (χ1) is 13.4. The number of fused-ring (bicyclic) bond motifs is 1. The van der Waals surface area contributed by atoms with Crippen LogP contribution in [0.15, 0.2) is 36.4 Å². The minimum Gasteiger partial charge on any atom is -0.491 e. The van der Waals surface area contributed by atoms with Gasteiger partial charge in [-0.15, -0.1) is 0 Å². The predicted octanol–water partition coefficient (Wildman–Crippen LogP) is 1.19. The van der Waals surface area contributed by atoms with Gasteiger partial charge in [-0.2, -0.15) is 0 Å². The minimum atomic E-state index is -0.638. The Morgan fingerprint density at radius 3 is 2.14 bits per heavy atom. The first-order valence-electron chi connectivity index (χ1n) is 9.23. The van der Waals surface area contributed by atoms with Gasteiger partial charge in [-0.3, -0.25) is 34.9 Å². The lowest BCUT2D eigenvalue weighted by atomic mass is 9.85. The Hall–Kier alpha value is -3.16. The summed E-state index contributed by atoms with van der Waals surface area (Å²) in [6.45, 7) is 3.39. The Kier molecular flexibility index (Phi) is 5.77. The maximum absolute atomic E-state index is 12.3. The number of hydrazine groups is 1. The van der Waals surface area contributed by atoms with Gasteiger partial charge in [0.05, 0.1) is 17.9 Å². The lowest BCUT2D eigenvalue weighted by Gasteiger charge is -2.15. The average molecular weight is 385 g/mol. The molecule has 148 valence electrons. The van der Waals surface area contributed by atoms with Gasteiger partial charge in [0, 0.05) is 5.56 Å². The van der Waals surface area contributed by atoms with Crippen LogP contribution in [-0.4, -0.2) is 41.2 Å². The topological polar surface area (TPSA) is 105 Å². The van der Waals surface area contributed by atoms with Crippen LogP contribution < -0.4 is 15.6 Å². The molecule has 1 aliphatic heterocycles. The Labute approximate surface area is 162 Å². The highest BCUT2D eigenvalue weighted by Gasteiger charge is 2.47. The molecule has 2 aliphatic rings. The number of allylic oxidation sites excluding steroid dienone is 2. The highest BCUT2D eigenvalue weighted by Crippen LogP contribution is 2.34. The second-order valence-corrected chi connectivity index (χ2v) is 7.11. The molecule has 2 atom stereocenters. The lowest BCUT2D eigenvalue weighted by molar-refractivity contribution is -0.143. The smallest absolute Gasteiger partial charge is 0.269 e. The van der Waals surface area contributed by atoms with Crippen LogP contribution in [0.25, 0.3) is 0 Å². The summed E-state index contributed by atoms with van der Waals surface area (Å²) in [6, 6.07) is 6.47. The van der Waals surface area contributed by atoms with Crippen molar-refractivity contribution in [2.75, 3.05) is 6.54 Å². The minimum absolute atomic E-state index is 0.0228. The van der Waals surface area contributed by atoms with Crippen LogP contribution in [0.2, 0.25) is 0 Å². The van der Waals surface area contributed by atoms with Crippen molar-refractivity contribution in [3.63, 3.8) is 0 Å². The molecule has 8 heteroatoms. The number of hydrogen-bond donors (Lipinski definition) is 2. The first-order valence-corrected chi connectivity index (χ1v) is 9.23. The number of carbonyl (C=O) groups excluding carboxylic acids is 4. The number of likely N-dealkylation sites (tertiary alicyclic amines) is 1. The predicted molar refractivity (Wildman–Crippen MR) is 99.9 cm³/mol. The van der Waals surface area contributed by atoms with Crippen molar-refractivity contribution >= 4 is 23.6 Å². The van der Waals surface area contributed by atoms with Gasteiger partial charge < -0.3 is 4.74 Å². The molecule has 1 fully saturated rings. The third-order valence-corrected chi connectivity index (χ3v) is 4.70. The summed E-state index contributed by atoms with van der Waals surface area (Å²) in [6.07, 6.45) is 4.82. The molecule has 0 bridgehead atoms. The molecule has 1 aromatic rings. The molecule has 1 saturated heterocycles. The number of nitrogens with zero attached hydrogens (tertiary/aromatic N) is 1. The van der Waals surface area contributed by atoms with E-state index in [4.69, 9.17) is 4.74 Å². The molecular formula is C20H23N3O5. The molecule has 0 radical (unpaired) electrons. The molecule has 0 spiro atoms. The zero-order valence-corrected chi connectivity index (χ0v) is 15.8. The summed E-state index contributed by atoms with van der Waals surface area (Å²) in [5.41, 5.74) is 4.87. The highest BCUT2D eigenvalue weighted by molar-refractivity contribution is 6.07. The summed E-state index contributed by atoms with van der Waals surface area (Å²) >= 11 is 0. The van der Waals surface area contributed by atoms with Crippen molar-refractivity contribution in [2.45, 2.75) is 32.8 Å². The van der Waals surface area contributed by atoms with E-state index in [2.05, 4.69) is 10.9 Å². The summed E-state index contributed by atoms with van der Waals surface area (Å²) in [7, 11) is 0. The van der Waals surface area contributed by atoms with Gasteiger partial charge in [0.15, 0.2) is 0 Å². The molecule has 8 nitrogen and oxygen atoms in total. The molecule has 1 heterocycles. The maximum atomic E-state index is 12.3. The van der Waals surface area contributed by atoms with Gasteiger partial charge in [0.2, 0.25) is 11.8 Å². The van der Waals surface area contributed by atoms with E-state index in [1.807, 2.05) is 26.0 Å². The van der Waals surface area contributed by atoms with Gasteiger partial charge >= 0.3 is 0 Å². The van der Waals surface area contributed by atoms with Crippen molar-refractivity contribution in [2.24, 2.45) is 11.8 Å². The monoisotopic (exact) mass is 385 g/mol. The number of hydrogen-bond acceptors (Lipinski definition) is 5. The number of imide groups is 1. The van der Waals surface area contributed by atoms with Gasteiger partial charge in [-0.05, 0) is 51.0 Å². The van der Waals surface area contributed by atoms with Crippen LogP contribution in [0.4, 0.5) is 0 Å². The van der Waals surface area contributed by atoms with Gasteiger partial charge in [0.1, 0.15) is 12.3 Å². The zero-order valence-electron chi connectivity index (χ0n) is 15.8. The SMILES string of the molecule is CC(C)Oc1ccc(C(=O)NNC(=O)CN2C(=O)[C@H]3CC=CC[C@@H]3C2=O)cc1. The van der Waals surface area contributed by atoms with E-state index in [9.17, 15) is 19.2 Å². The van der Waals surface area contributed by atoms with Gasteiger partial charge in [0.25, 0.3) is 11.8 Å². The summed E-state index contributed by atoms with van der Waals surface area (Å²) in [4.78, 5) is 49.9. The molecule has 28 heavy (non-hydrogen) atoms. The molecule has 1 aromatic carbocycles. The standard InChI is InChI=1S/C20H23N3O5/c1-12(2)28-14-9-7-13(8-10-14)18(25)22-21-17(24)11-23-19(26)15-5-3-4-6-16(15)20(23)27/h3-4,7-10,12,15-16H,5-6,11H2,1-2H3,(H,21,24)(H,22,25)/t15-,16-/m0/s1. The number of nitrogens with one attached hydrogen (secondary N) is 2. The maximum Gasteiger partial charge on any atom is 0.269 e. The van der Waals surface area contributed by atoms with Crippen LogP contribution in [0.5, 0.6) is 5.75 Å². The molecular weight excluding hydrogens is 362 g/mol. The average Bonchev–Trinajstić information content (AvgIpc) is 2.91. The van der Waals surface area contributed by atoms with E-state index in [1.165, 1.54) is 0 Å². The lowest BCUT2D eigenvalue weighted by Crippen LogP contribution is -2.47. The van der Waals surface area contributed by atoms with Gasteiger partial charge in [-0.25, -0.2) is 0 Å². The van der Waals surface area contributed by atoms with Crippen LogP contribution in [-0.2, 0) is 14.4 Å². The number of benzene rings is 1. The van der Waals surface area contributed by atoms with Crippen molar-refractivity contribution < 1.29 is 23.9 Å². The van der Waals surface area contributed by atoms with Crippen LogP contribution in [0.3, 0.4) is 0 Å². The molecule has 0 aromatic heterocycles. The Balaban J connectivity index is 1.51. The second kappa shape index (κ2) is 8.24. The van der Waals surface area contributed by atoms with Crippen molar-refractivity contribution in [3.05, 3.63) is 42.0 Å². The second-order valence-electron chi connectivity index (χ2n) is 7.11. The molecule has 4 amide bonds. The fourth-order valence-corrected chi connectivity index (χ4v) is 3.36. The fourth-order valence-electron chi connectivity index (χ4n) is 3.36. The highest BCUT2D eigenvalue weighted by atomic mass is 16.5. The molecule has 0 saturated carbocycles. The summed E-state index contributed by atoms with van der Waals surface area (Å²) in [5.74, 6) is -1.94. The van der Waals surface area contributed by atoms with E-state index in [0.29, 0.717) is 24.2 Å². The third-order valence-electron chi connectivity index (χ3n) is 4.70. The van der Waals surface area contributed by atoms with Crippen molar-refractivity contribution in [1.29, 1.82) is 0 Å². The van der Waals surface area contributed by atoms with E-state index in [-0.39, 0.29) is 29.8 Å². The quantitative estimate of drug-likeness (QED) is 0.450. The van der Waals surface area contributed by atoms with Crippen LogP contribution in [0, 0.1) is 11.8 Å². The van der Waals surface area contributed by atoms with Crippen molar-refractivity contribution in [3.8, 4) is 5.75 Å². The van der Waals surface area contributed by atoms with Crippen molar-refractivity contribution in [1.82, 2.24) is 15.8 Å². The third kappa shape index (κ3) is 4.21. The zero-order chi connectivity index (χ0) is 20.3. The molecule has 3 rings (SSSR count). The summed E-state index contributed by atoms with van der Waals surface area (Å²) in [5, 5.41) is 0. The summed E-state index contributed by atoms with van der Waals surface area (Å²) < 4.78 is 5.51. The Morgan fingerprint density at radius 1 is 1.04 bits per heavy atom. The number of ether oxygens (including phenoxy) is 1. The van der Waals surface area contributed by atoms with Crippen LogP contribution >= 0.6 is 0 Å². The Morgan fingerprint density at radius 2 is 1.61 bits per heavy atom. The molecule has 0 unspecified atom stereocenters. The first kappa shape index (κ1) is 19.6. The number of rotatable bonds is 5. The number of carbonyl (C=O) groups is 4. The molecule has 2 N–H and O–H groups in total. The van der Waals surface area contributed by atoms with E-state index in [0.717, 1.165) is 4.90 Å². The van der Waals surface area contributed by atoms with E-state index in [1.54, 1.807) is 24.3 Å². The normalized spacial score (nSPS) is 20.9. The largest absolute Gasteiger partial charge is 0.491 e.